The van der Waals surface area contributed by atoms with Crippen LogP contribution in [0.3, 0.4) is 0 Å². The van der Waals surface area contributed by atoms with Crippen molar-refractivity contribution >= 4 is 47.3 Å². The Hall–Kier alpha value is -1.37. The van der Waals surface area contributed by atoms with Gasteiger partial charge in [-0.3, -0.25) is 9.79 Å². The SMILES string of the molecule is CCCSC(OC(=NC)c1c(Cl)cc(Cl)cc1OC)=C(C)CC.O=CO. The number of nitrogens with zero attached hydrogens (tertiary/aromatic N) is 1. The number of carboxylic acid groups (broad SMARTS) is 1. The lowest BCUT2D eigenvalue weighted by Gasteiger charge is -2.17. The predicted octanol–water partition coefficient (Wildman–Crippen LogP) is 5.88. The highest BCUT2D eigenvalue weighted by Crippen LogP contribution is 2.34. The molecule has 0 saturated carbocycles. The number of carbonyl (C=O) groups is 1. The average Bonchev–Trinajstić information content (AvgIpc) is 2.62. The van der Waals surface area contributed by atoms with Crippen LogP contribution in [0.1, 0.15) is 39.2 Å². The molecule has 1 rings (SSSR count). The van der Waals surface area contributed by atoms with Gasteiger partial charge in [-0.05, 0) is 37.5 Å². The van der Waals surface area contributed by atoms with E-state index in [2.05, 4.69) is 25.8 Å². The zero-order chi connectivity index (χ0) is 20.1. The monoisotopic (exact) mass is 421 g/mol. The van der Waals surface area contributed by atoms with Crippen molar-refractivity contribution in [3.8, 4) is 5.75 Å². The van der Waals surface area contributed by atoms with Gasteiger partial charge in [-0.15, -0.1) is 0 Å². The molecule has 1 aromatic rings. The molecule has 1 aromatic carbocycles. The summed E-state index contributed by atoms with van der Waals surface area (Å²) in [6, 6.07) is 3.36. The molecule has 0 bridgehead atoms. The summed E-state index contributed by atoms with van der Waals surface area (Å²) in [4.78, 5) is 12.6. The molecule has 0 aliphatic rings. The van der Waals surface area contributed by atoms with Crippen LogP contribution < -0.4 is 4.74 Å². The first-order valence-corrected chi connectivity index (χ1v) is 9.72. The standard InChI is InChI=1S/C17H23Cl2NO2S.CH2O2/c1-6-8-23-17(11(3)7-2)22-16(20-4)15-13(19)9-12(18)10-14(15)21-5;2-1-3/h9-10H,6-8H2,1-5H3;1H,(H,2,3). The van der Waals surface area contributed by atoms with Crippen molar-refractivity contribution in [3.63, 3.8) is 0 Å². The zero-order valence-corrected chi connectivity index (χ0v) is 18.0. The van der Waals surface area contributed by atoms with Crippen molar-refractivity contribution in [3.05, 3.63) is 38.4 Å². The van der Waals surface area contributed by atoms with Crippen LogP contribution >= 0.6 is 35.0 Å². The van der Waals surface area contributed by atoms with E-state index >= 15 is 0 Å². The van der Waals surface area contributed by atoms with Gasteiger partial charge in [-0.1, -0.05) is 48.8 Å². The fraction of sp³-hybridized carbons (Fsp3) is 0.444. The third-order valence-electron chi connectivity index (χ3n) is 3.16. The lowest BCUT2D eigenvalue weighted by Crippen LogP contribution is -2.10. The van der Waals surface area contributed by atoms with E-state index in [1.54, 1.807) is 38.1 Å². The second-order valence-electron chi connectivity index (χ2n) is 4.97. The fourth-order valence-electron chi connectivity index (χ4n) is 1.79. The molecule has 0 aromatic heterocycles. The molecule has 8 heteroatoms. The highest BCUT2D eigenvalue weighted by molar-refractivity contribution is 8.02. The summed E-state index contributed by atoms with van der Waals surface area (Å²) in [5, 5.41) is 8.71. The van der Waals surface area contributed by atoms with Crippen LogP contribution in [-0.4, -0.2) is 37.4 Å². The molecule has 0 fully saturated rings. The minimum absolute atomic E-state index is 0.250. The van der Waals surface area contributed by atoms with Gasteiger partial charge in [0.1, 0.15) is 5.75 Å². The number of methoxy groups -OCH3 is 1. The molecule has 0 radical (unpaired) electrons. The van der Waals surface area contributed by atoms with E-state index in [0.29, 0.717) is 27.3 Å². The number of rotatable bonds is 7. The maximum atomic E-state index is 8.36. The molecular formula is C18H25Cl2NO4S. The third kappa shape index (κ3) is 7.89. The van der Waals surface area contributed by atoms with Crippen molar-refractivity contribution in [2.75, 3.05) is 19.9 Å². The van der Waals surface area contributed by atoms with E-state index < -0.39 is 0 Å². The van der Waals surface area contributed by atoms with E-state index in [-0.39, 0.29) is 6.47 Å². The Bertz CT molecular complexity index is 648. The Morgan fingerprint density at radius 2 is 1.96 bits per heavy atom. The van der Waals surface area contributed by atoms with Gasteiger partial charge in [-0.2, -0.15) is 0 Å². The molecule has 1 N–H and O–H groups in total. The van der Waals surface area contributed by atoms with E-state index in [4.69, 9.17) is 42.6 Å². The minimum atomic E-state index is -0.250. The van der Waals surface area contributed by atoms with Crippen molar-refractivity contribution in [2.45, 2.75) is 33.6 Å². The second-order valence-corrected chi connectivity index (χ2v) is 6.88. The summed E-state index contributed by atoms with van der Waals surface area (Å²) < 4.78 is 11.5. The molecule has 0 heterocycles. The number of ether oxygens (including phenoxy) is 2. The molecule has 0 aliphatic heterocycles. The Morgan fingerprint density at radius 1 is 1.35 bits per heavy atom. The summed E-state index contributed by atoms with van der Waals surface area (Å²) in [6.45, 7) is 6.05. The van der Waals surface area contributed by atoms with Crippen LogP contribution in [0.5, 0.6) is 5.75 Å². The Balaban J connectivity index is 0.00000194. The Morgan fingerprint density at radius 3 is 2.42 bits per heavy atom. The molecule has 0 saturated heterocycles. The maximum absolute atomic E-state index is 8.36. The predicted molar refractivity (Wildman–Crippen MR) is 111 cm³/mol. The van der Waals surface area contributed by atoms with Crippen LogP contribution in [0.2, 0.25) is 10.0 Å². The van der Waals surface area contributed by atoms with Crippen LogP contribution in [0.15, 0.2) is 27.8 Å². The number of aliphatic imine (C=N–C) groups is 1. The molecule has 0 aliphatic carbocycles. The molecule has 5 nitrogen and oxygen atoms in total. The number of hydrogen-bond donors (Lipinski definition) is 1. The van der Waals surface area contributed by atoms with E-state index in [9.17, 15) is 0 Å². The average molecular weight is 422 g/mol. The highest BCUT2D eigenvalue weighted by Gasteiger charge is 2.19. The largest absolute Gasteiger partial charge is 0.496 e. The van der Waals surface area contributed by atoms with Crippen molar-refractivity contribution in [2.24, 2.45) is 4.99 Å². The topological polar surface area (TPSA) is 68.1 Å². The van der Waals surface area contributed by atoms with E-state index in [1.807, 2.05) is 0 Å². The highest BCUT2D eigenvalue weighted by atomic mass is 35.5. The third-order valence-corrected chi connectivity index (χ3v) is 4.98. The van der Waals surface area contributed by atoms with Gasteiger partial charge in [0.15, 0.2) is 5.09 Å². The van der Waals surface area contributed by atoms with Crippen molar-refractivity contribution in [1.82, 2.24) is 0 Å². The molecule has 0 amide bonds. The molecular weight excluding hydrogens is 397 g/mol. The number of hydrogen-bond acceptors (Lipinski definition) is 5. The number of halogens is 2. The van der Waals surface area contributed by atoms with E-state index in [0.717, 1.165) is 23.7 Å². The van der Waals surface area contributed by atoms with Gasteiger partial charge in [0.25, 0.3) is 6.47 Å². The number of benzene rings is 1. The van der Waals surface area contributed by atoms with Crippen LogP contribution in [0.25, 0.3) is 0 Å². The molecule has 146 valence electrons. The first-order valence-electron chi connectivity index (χ1n) is 7.98. The maximum Gasteiger partial charge on any atom is 0.290 e. The number of thioether (sulfide) groups is 1. The Kier molecular flexibility index (Phi) is 13.1. The molecule has 0 unspecified atom stereocenters. The van der Waals surface area contributed by atoms with Crippen LogP contribution in [-0.2, 0) is 9.53 Å². The molecule has 0 spiro atoms. The zero-order valence-electron chi connectivity index (χ0n) is 15.6. The van der Waals surface area contributed by atoms with Crippen molar-refractivity contribution < 1.29 is 19.4 Å². The van der Waals surface area contributed by atoms with Gasteiger partial charge in [0.05, 0.1) is 17.7 Å². The second kappa shape index (κ2) is 13.8. The summed E-state index contributed by atoms with van der Waals surface area (Å²) in [5.74, 6) is 1.95. The van der Waals surface area contributed by atoms with Gasteiger partial charge in [0, 0.05) is 17.8 Å². The fourth-order valence-corrected chi connectivity index (χ4v) is 3.27. The normalized spacial score (nSPS) is 11.9. The number of allylic oxidation sites excluding steroid dienone is 1. The van der Waals surface area contributed by atoms with E-state index in [1.165, 1.54) is 5.57 Å². The quantitative estimate of drug-likeness (QED) is 0.257. The summed E-state index contributed by atoms with van der Waals surface area (Å²) >= 11 is 14.1. The Labute approximate surface area is 169 Å². The summed E-state index contributed by atoms with van der Waals surface area (Å²) in [6.07, 6.45) is 1.98. The first kappa shape index (κ1) is 24.6. The van der Waals surface area contributed by atoms with Crippen molar-refractivity contribution in [1.29, 1.82) is 0 Å². The van der Waals surface area contributed by atoms with Crippen LogP contribution in [0.4, 0.5) is 0 Å². The lowest BCUT2D eigenvalue weighted by atomic mass is 10.2. The molecule has 0 atom stereocenters. The minimum Gasteiger partial charge on any atom is -0.496 e. The van der Waals surface area contributed by atoms with Gasteiger partial charge in [-0.25, -0.2) is 0 Å². The summed E-state index contributed by atoms with van der Waals surface area (Å²) in [7, 11) is 3.24. The smallest absolute Gasteiger partial charge is 0.290 e. The van der Waals surface area contributed by atoms with Gasteiger partial charge >= 0.3 is 0 Å². The summed E-state index contributed by atoms with van der Waals surface area (Å²) in [5.41, 5.74) is 1.79. The lowest BCUT2D eigenvalue weighted by molar-refractivity contribution is -0.122. The first-order chi connectivity index (χ1) is 12.4. The van der Waals surface area contributed by atoms with Gasteiger partial charge < -0.3 is 14.6 Å². The van der Waals surface area contributed by atoms with Crippen LogP contribution in [0, 0.1) is 0 Å². The van der Waals surface area contributed by atoms with Gasteiger partial charge in [0.2, 0.25) is 5.90 Å². The molecule has 26 heavy (non-hydrogen) atoms.